The van der Waals surface area contributed by atoms with Crippen molar-refractivity contribution in [1.82, 2.24) is 5.01 Å². The van der Waals surface area contributed by atoms with Crippen molar-refractivity contribution in [2.45, 2.75) is 44.6 Å². The molecule has 0 amide bonds. The average molecular weight is 354 g/mol. The molecular weight excluding hydrogens is 332 g/mol. The lowest BCUT2D eigenvalue weighted by atomic mass is 10.00. The monoisotopic (exact) mass is 354 g/mol. The molecule has 0 aromatic heterocycles. The van der Waals surface area contributed by atoms with E-state index in [0.717, 1.165) is 18.6 Å². The first-order chi connectivity index (χ1) is 12.4. The lowest BCUT2D eigenvalue weighted by Crippen LogP contribution is -2.46. The van der Waals surface area contributed by atoms with Gasteiger partial charge in [0.25, 0.3) is 0 Å². The summed E-state index contributed by atoms with van der Waals surface area (Å²) >= 11 is 0. The topological polar surface area (TPSA) is 74.0 Å². The third-order valence-electron chi connectivity index (χ3n) is 3.91. The minimum Gasteiger partial charge on any atom is -0.490 e. The van der Waals surface area contributed by atoms with Crippen LogP contribution in [0.25, 0.3) is 0 Å². The number of allylic oxidation sites excluding steroid dienone is 2. The van der Waals surface area contributed by atoms with Crippen molar-refractivity contribution < 1.29 is 19.0 Å². The number of ether oxygens (including phenoxy) is 3. The predicted octanol–water partition coefficient (Wildman–Crippen LogP) is 2.52. The number of nitrogens with zero attached hydrogens (tertiary/aromatic N) is 1. The summed E-state index contributed by atoms with van der Waals surface area (Å²) in [5, 5.41) is 1.48. The molecule has 0 saturated heterocycles. The summed E-state index contributed by atoms with van der Waals surface area (Å²) in [5.74, 6) is 12.6. The first-order valence-electron chi connectivity index (χ1n) is 8.48. The van der Waals surface area contributed by atoms with Crippen LogP contribution in [-0.2, 0) is 9.53 Å². The van der Waals surface area contributed by atoms with Crippen LogP contribution in [0.1, 0.15) is 26.7 Å². The fourth-order valence-electron chi connectivity index (χ4n) is 2.29. The van der Waals surface area contributed by atoms with Gasteiger partial charge in [0.1, 0.15) is 17.0 Å². The average Bonchev–Trinajstić information content (AvgIpc) is 3.40. The highest BCUT2D eigenvalue weighted by molar-refractivity contribution is 5.66. The van der Waals surface area contributed by atoms with Gasteiger partial charge in [0.05, 0.1) is 6.10 Å². The normalized spacial score (nSPS) is 22.2. The van der Waals surface area contributed by atoms with E-state index in [1.54, 1.807) is 18.3 Å². The van der Waals surface area contributed by atoms with Crippen molar-refractivity contribution in [2.24, 2.45) is 5.84 Å². The molecule has 2 aliphatic rings. The highest BCUT2D eigenvalue weighted by atomic mass is 16.7. The van der Waals surface area contributed by atoms with Crippen molar-refractivity contribution in [1.29, 1.82) is 0 Å². The van der Waals surface area contributed by atoms with Crippen molar-refractivity contribution in [2.75, 3.05) is 0 Å². The number of carbonyl (C=O) groups is 1. The zero-order valence-electron chi connectivity index (χ0n) is 14.8. The Hall–Kier alpha value is -2.91. The number of hydrazine groups is 1. The van der Waals surface area contributed by atoms with Crippen molar-refractivity contribution in [3.05, 3.63) is 48.7 Å². The molecule has 1 aromatic rings. The van der Waals surface area contributed by atoms with E-state index in [1.165, 1.54) is 11.9 Å². The van der Waals surface area contributed by atoms with Gasteiger partial charge in [-0.1, -0.05) is 18.1 Å². The Morgan fingerprint density at radius 3 is 2.81 bits per heavy atom. The van der Waals surface area contributed by atoms with Crippen LogP contribution in [0.4, 0.5) is 0 Å². The number of nitrogens with two attached hydrogens (primary N) is 1. The number of benzene rings is 1. The molecule has 2 unspecified atom stereocenters. The van der Waals surface area contributed by atoms with Crippen molar-refractivity contribution in [3.63, 3.8) is 0 Å². The molecule has 1 aliphatic heterocycles. The van der Waals surface area contributed by atoms with E-state index in [2.05, 4.69) is 11.8 Å². The summed E-state index contributed by atoms with van der Waals surface area (Å²) in [7, 11) is 0. The number of hydrogen-bond acceptors (Lipinski definition) is 6. The lowest BCUT2D eigenvalue weighted by Gasteiger charge is -2.31. The molecule has 2 N–H and O–H groups in total. The van der Waals surface area contributed by atoms with Crippen LogP contribution in [0.2, 0.25) is 0 Å². The van der Waals surface area contributed by atoms with Crippen LogP contribution in [-0.4, -0.2) is 28.9 Å². The number of esters is 1. The molecule has 6 nitrogen and oxygen atoms in total. The third kappa shape index (κ3) is 4.80. The number of carbonyl (C=O) groups excluding carboxylic acids is 1. The van der Waals surface area contributed by atoms with Crippen LogP contribution in [0.3, 0.4) is 0 Å². The Morgan fingerprint density at radius 2 is 2.12 bits per heavy atom. The van der Waals surface area contributed by atoms with Crippen molar-refractivity contribution in [3.8, 4) is 23.3 Å². The Morgan fingerprint density at radius 1 is 1.35 bits per heavy atom. The Kier molecular flexibility index (Phi) is 5.19. The first-order valence-corrected chi connectivity index (χ1v) is 8.48. The minimum atomic E-state index is -1.05. The molecular formula is C20H22N2O4. The molecule has 136 valence electrons. The minimum absolute atomic E-state index is 0.288. The maximum Gasteiger partial charge on any atom is 0.308 e. The smallest absolute Gasteiger partial charge is 0.308 e. The molecule has 26 heavy (non-hydrogen) atoms. The molecule has 3 rings (SSSR count). The van der Waals surface area contributed by atoms with Crippen LogP contribution in [0.15, 0.2) is 48.7 Å². The molecule has 0 spiro atoms. The molecule has 1 saturated carbocycles. The van der Waals surface area contributed by atoms with Gasteiger partial charge in [0.2, 0.25) is 0 Å². The van der Waals surface area contributed by atoms with E-state index in [4.69, 9.17) is 20.1 Å². The molecule has 1 aromatic carbocycles. The van der Waals surface area contributed by atoms with E-state index in [1.807, 2.05) is 37.3 Å². The zero-order chi connectivity index (χ0) is 18.6. The summed E-state index contributed by atoms with van der Waals surface area (Å²) in [6.45, 7) is 3.17. The van der Waals surface area contributed by atoms with Gasteiger partial charge >= 0.3 is 12.3 Å². The summed E-state index contributed by atoms with van der Waals surface area (Å²) in [6.07, 6.45) is 8.63. The van der Waals surface area contributed by atoms with Crippen LogP contribution >= 0.6 is 0 Å². The quantitative estimate of drug-likeness (QED) is 0.379. The number of hydrogen-bond donors (Lipinski definition) is 1. The van der Waals surface area contributed by atoms with Gasteiger partial charge < -0.3 is 14.2 Å². The molecule has 1 heterocycles. The Balaban J connectivity index is 1.74. The van der Waals surface area contributed by atoms with Gasteiger partial charge in [-0.25, -0.2) is 5.84 Å². The fraction of sp³-hybridized carbons (Fsp3) is 0.350. The highest BCUT2D eigenvalue weighted by Gasteiger charge is 2.25. The van der Waals surface area contributed by atoms with Gasteiger partial charge in [-0.15, -0.1) is 0 Å². The van der Waals surface area contributed by atoms with E-state index in [0.29, 0.717) is 5.75 Å². The second-order valence-corrected chi connectivity index (χ2v) is 6.38. The SMILES string of the molecule is CC(=O)OC(C#CC1(C)C=CC=CN1N)Oc1cccc(OC2CC2)c1. The lowest BCUT2D eigenvalue weighted by molar-refractivity contribution is -0.154. The summed E-state index contributed by atoms with van der Waals surface area (Å²) in [6, 6.07) is 7.21. The molecule has 1 fully saturated rings. The van der Waals surface area contributed by atoms with Gasteiger partial charge in [-0.3, -0.25) is 9.80 Å². The van der Waals surface area contributed by atoms with E-state index in [-0.39, 0.29) is 6.10 Å². The van der Waals surface area contributed by atoms with E-state index < -0.39 is 17.8 Å². The van der Waals surface area contributed by atoms with Crippen LogP contribution in [0, 0.1) is 11.8 Å². The maximum absolute atomic E-state index is 11.4. The van der Waals surface area contributed by atoms with Crippen molar-refractivity contribution >= 4 is 5.97 Å². The van der Waals surface area contributed by atoms with E-state index in [9.17, 15) is 4.79 Å². The van der Waals surface area contributed by atoms with Crippen LogP contribution in [0.5, 0.6) is 11.5 Å². The van der Waals surface area contributed by atoms with Crippen LogP contribution < -0.4 is 15.3 Å². The largest absolute Gasteiger partial charge is 0.490 e. The highest BCUT2D eigenvalue weighted by Crippen LogP contribution is 2.29. The second kappa shape index (κ2) is 7.54. The predicted molar refractivity (Wildman–Crippen MR) is 96.8 cm³/mol. The van der Waals surface area contributed by atoms with E-state index >= 15 is 0 Å². The van der Waals surface area contributed by atoms with Gasteiger partial charge in [-0.05, 0) is 50.0 Å². The second-order valence-electron chi connectivity index (χ2n) is 6.38. The molecule has 1 aliphatic carbocycles. The number of rotatable bonds is 5. The zero-order valence-corrected chi connectivity index (χ0v) is 14.8. The molecule has 2 atom stereocenters. The summed E-state index contributed by atoms with van der Waals surface area (Å²) in [4.78, 5) is 11.4. The van der Waals surface area contributed by atoms with Gasteiger partial charge in [-0.2, -0.15) is 0 Å². The molecule has 6 heteroatoms. The maximum atomic E-state index is 11.4. The molecule has 0 bridgehead atoms. The third-order valence-corrected chi connectivity index (χ3v) is 3.91. The first kappa shape index (κ1) is 17.9. The summed E-state index contributed by atoms with van der Waals surface area (Å²) in [5.41, 5.74) is -0.715. The Bertz CT molecular complexity index is 788. The van der Waals surface area contributed by atoms with Gasteiger partial charge in [0, 0.05) is 19.2 Å². The molecule has 0 radical (unpaired) electrons. The standard InChI is InChI=1S/C20H22N2O4/c1-15(23)24-19(10-12-20(2)11-3-4-13-22(20)21)26-18-7-5-6-17(14-18)25-16-8-9-16/h3-7,11,13-14,16,19H,8-9,21H2,1-2H3. The summed E-state index contributed by atoms with van der Waals surface area (Å²) < 4.78 is 16.7. The fourth-order valence-corrected chi connectivity index (χ4v) is 2.29. The van der Waals surface area contributed by atoms with Gasteiger partial charge in [0.15, 0.2) is 0 Å². The Labute approximate surface area is 153 Å².